The fraction of sp³-hybridized carbons (Fsp3) is 0.643. The van der Waals surface area contributed by atoms with Crippen molar-refractivity contribution in [1.82, 2.24) is 15.2 Å². The van der Waals surface area contributed by atoms with Gasteiger partial charge in [0.25, 0.3) is 0 Å². The Morgan fingerprint density at radius 3 is 3.12 bits per heavy atom. The number of likely N-dealkylation sites (tertiary alicyclic amines) is 1. The SMILES string of the molecule is CC(NCC1CCCCN1C)c1cccnc1. The first kappa shape index (κ1) is 12.5. The molecule has 1 aromatic rings. The zero-order valence-corrected chi connectivity index (χ0v) is 10.9. The third-order valence-electron chi connectivity index (χ3n) is 3.77. The van der Waals surface area contributed by atoms with Crippen LogP contribution in [0.1, 0.15) is 37.8 Å². The number of hydrogen-bond acceptors (Lipinski definition) is 3. The smallest absolute Gasteiger partial charge is 0.0315 e. The first-order valence-corrected chi connectivity index (χ1v) is 6.61. The molecule has 0 radical (unpaired) electrons. The molecule has 94 valence electrons. The summed E-state index contributed by atoms with van der Waals surface area (Å²) in [6.45, 7) is 4.53. The van der Waals surface area contributed by atoms with Crippen molar-refractivity contribution in [1.29, 1.82) is 0 Å². The number of nitrogens with one attached hydrogen (secondary N) is 1. The van der Waals surface area contributed by atoms with E-state index in [1.807, 2.05) is 18.5 Å². The molecule has 2 atom stereocenters. The second-order valence-corrected chi connectivity index (χ2v) is 5.05. The fourth-order valence-electron chi connectivity index (χ4n) is 2.46. The number of piperidine rings is 1. The van der Waals surface area contributed by atoms with E-state index < -0.39 is 0 Å². The van der Waals surface area contributed by atoms with Crippen molar-refractivity contribution >= 4 is 0 Å². The Bertz CT molecular complexity index is 325. The van der Waals surface area contributed by atoms with Crippen molar-refractivity contribution in [2.45, 2.75) is 38.3 Å². The third-order valence-corrected chi connectivity index (χ3v) is 3.77. The average molecular weight is 233 g/mol. The molecule has 1 N–H and O–H groups in total. The van der Waals surface area contributed by atoms with Gasteiger partial charge in [-0.05, 0) is 45.0 Å². The van der Waals surface area contributed by atoms with Crippen LogP contribution in [0.4, 0.5) is 0 Å². The standard InChI is InChI=1S/C14H23N3/c1-12(13-6-5-8-15-10-13)16-11-14-7-3-4-9-17(14)2/h5-6,8,10,12,14,16H,3-4,7,9,11H2,1-2H3. The van der Waals surface area contributed by atoms with Gasteiger partial charge in [0, 0.05) is 31.0 Å². The number of aromatic nitrogens is 1. The topological polar surface area (TPSA) is 28.2 Å². The third kappa shape index (κ3) is 3.51. The van der Waals surface area contributed by atoms with Crippen LogP contribution in [0.5, 0.6) is 0 Å². The second kappa shape index (κ2) is 6.12. The zero-order chi connectivity index (χ0) is 12.1. The Morgan fingerprint density at radius 1 is 1.53 bits per heavy atom. The summed E-state index contributed by atoms with van der Waals surface area (Å²) in [5.41, 5.74) is 1.27. The van der Waals surface area contributed by atoms with Crippen LogP contribution in [-0.2, 0) is 0 Å². The molecule has 2 unspecified atom stereocenters. The minimum atomic E-state index is 0.388. The molecule has 0 bridgehead atoms. The summed E-state index contributed by atoms with van der Waals surface area (Å²) >= 11 is 0. The fourth-order valence-corrected chi connectivity index (χ4v) is 2.46. The highest BCUT2D eigenvalue weighted by Gasteiger charge is 2.19. The van der Waals surface area contributed by atoms with Gasteiger partial charge in [0.2, 0.25) is 0 Å². The molecule has 17 heavy (non-hydrogen) atoms. The molecule has 0 aromatic carbocycles. The van der Waals surface area contributed by atoms with Crippen molar-refractivity contribution in [2.24, 2.45) is 0 Å². The maximum absolute atomic E-state index is 4.17. The first-order valence-electron chi connectivity index (χ1n) is 6.61. The minimum Gasteiger partial charge on any atom is -0.309 e. The highest BCUT2D eigenvalue weighted by atomic mass is 15.2. The molecule has 1 aromatic heterocycles. The normalized spacial score (nSPS) is 23.5. The number of pyridine rings is 1. The van der Waals surface area contributed by atoms with Crippen molar-refractivity contribution in [3.8, 4) is 0 Å². The highest BCUT2D eigenvalue weighted by molar-refractivity contribution is 5.12. The predicted octanol–water partition coefficient (Wildman–Crippen LogP) is 2.22. The molecule has 0 spiro atoms. The quantitative estimate of drug-likeness (QED) is 0.864. The lowest BCUT2D eigenvalue weighted by Gasteiger charge is -2.33. The lowest BCUT2D eigenvalue weighted by atomic mass is 10.0. The van der Waals surface area contributed by atoms with Gasteiger partial charge in [-0.3, -0.25) is 4.98 Å². The summed E-state index contributed by atoms with van der Waals surface area (Å²) in [6, 6.07) is 5.22. The van der Waals surface area contributed by atoms with Gasteiger partial charge in [0.05, 0.1) is 0 Å². The van der Waals surface area contributed by atoms with Crippen molar-refractivity contribution < 1.29 is 0 Å². The molecule has 2 rings (SSSR count). The van der Waals surface area contributed by atoms with E-state index in [-0.39, 0.29) is 0 Å². The van der Waals surface area contributed by atoms with E-state index in [2.05, 4.69) is 35.2 Å². The van der Waals surface area contributed by atoms with E-state index in [9.17, 15) is 0 Å². The summed E-state index contributed by atoms with van der Waals surface area (Å²) in [5, 5.41) is 3.62. The molecule has 1 fully saturated rings. The molecule has 0 aliphatic carbocycles. The summed E-state index contributed by atoms with van der Waals surface area (Å²) in [7, 11) is 2.24. The van der Waals surface area contributed by atoms with Crippen molar-refractivity contribution in [2.75, 3.05) is 20.1 Å². The van der Waals surface area contributed by atoms with Gasteiger partial charge in [0.1, 0.15) is 0 Å². The van der Waals surface area contributed by atoms with Gasteiger partial charge in [-0.15, -0.1) is 0 Å². The number of rotatable bonds is 4. The summed E-state index contributed by atoms with van der Waals surface area (Å²) in [6.07, 6.45) is 7.82. The first-order chi connectivity index (χ1) is 8.27. The van der Waals surface area contributed by atoms with Crippen LogP contribution in [-0.4, -0.2) is 36.1 Å². The lowest BCUT2D eigenvalue weighted by molar-refractivity contribution is 0.178. The Balaban J connectivity index is 1.81. The van der Waals surface area contributed by atoms with E-state index in [0.29, 0.717) is 12.1 Å². The van der Waals surface area contributed by atoms with Gasteiger partial charge < -0.3 is 10.2 Å². The molecule has 0 amide bonds. The molecule has 1 aliphatic heterocycles. The van der Waals surface area contributed by atoms with Crippen LogP contribution in [0.3, 0.4) is 0 Å². The molecule has 3 heteroatoms. The Hall–Kier alpha value is -0.930. The summed E-state index contributed by atoms with van der Waals surface area (Å²) in [5.74, 6) is 0. The van der Waals surface area contributed by atoms with Crippen LogP contribution < -0.4 is 5.32 Å². The second-order valence-electron chi connectivity index (χ2n) is 5.05. The van der Waals surface area contributed by atoms with E-state index in [4.69, 9.17) is 0 Å². The monoisotopic (exact) mass is 233 g/mol. The van der Waals surface area contributed by atoms with Gasteiger partial charge in [-0.25, -0.2) is 0 Å². The average Bonchev–Trinajstić information content (AvgIpc) is 2.38. The van der Waals surface area contributed by atoms with Crippen LogP contribution >= 0.6 is 0 Å². The van der Waals surface area contributed by atoms with E-state index in [0.717, 1.165) is 6.54 Å². The molecule has 0 saturated carbocycles. The van der Waals surface area contributed by atoms with Crippen LogP contribution in [0, 0.1) is 0 Å². The van der Waals surface area contributed by atoms with Gasteiger partial charge >= 0.3 is 0 Å². The number of hydrogen-bond donors (Lipinski definition) is 1. The summed E-state index contributed by atoms with van der Waals surface area (Å²) in [4.78, 5) is 6.64. The van der Waals surface area contributed by atoms with Crippen LogP contribution in [0.2, 0.25) is 0 Å². The molecule has 1 saturated heterocycles. The predicted molar refractivity (Wildman–Crippen MR) is 70.9 cm³/mol. The molecule has 1 aliphatic rings. The Labute approximate surface area is 104 Å². The van der Waals surface area contributed by atoms with Gasteiger partial charge in [-0.2, -0.15) is 0 Å². The van der Waals surface area contributed by atoms with E-state index >= 15 is 0 Å². The Kier molecular flexibility index (Phi) is 4.51. The van der Waals surface area contributed by atoms with E-state index in [1.165, 1.54) is 31.4 Å². The molecule has 3 nitrogen and oxygen atoms in total. The molecular weight excluding hydrogens is 210 g/mol. The maximum Gasteiger partial charge on any atom is 0.0315 e. The van der Waals surface area contributed by atoms with E-state index in [1.54, 1.807) is 0 Å². The van der Waals surface area contributed by atoms with Gasteiger partial charge in [0.15, 0.2) is 0 Å². The highest BCUT2D eigenvalue weighted by Crippen LogP contribution is 2.16. The largest absolute Gasteiger partial charge is 0.309 e. The summed E-state index contributed by atoms with van der Waals surface area (Å²) < 4.78 is 0. The maximum atomic E-state index is 4.17. The van der Waals surface area contributed by atoms with Crippen LogP contribution in [0.25, 0.3) is 0 Å². The number of likely N-dealkylation sites (N-methyl/N-ethyl adjacent to an activating group) is 1. The van der Waals surface area contributed by atoms with Crippen molar-refractivity contribution in [3.63, 3.8) is 0 Å². The Morgan fingerprint density at radius 2 is 2.41 bits per heavy atom. The van der Waals surface area contributed by atoms with Crippen molar-refractivity contribution in [3.05, 3.63) is 30.1 Å². The van der Waals surface area contributed by atoms with Crippen LogP contribution in [0.15, 0.2) is 24.5 Å². The zero-order valence-electron chi connectivity index (χ0n) is 10.9. The van der Waals surface area contributed by atoms with Gasteiger partial charge in [-0.1, -0.05) is 12.5 Å². The molecule has 2 heterocycles. The molecular formula is C14H23N3. The number of nitrogens with zero attached hydrogens (tertiary/aromatic N) is 2. The minimum absolute atomic E-state index is 0.388. The lowest BCUT2D eigenvalue weighted by Crippen LogP contribution is -2.43.